The van der Waals surface area contributed by atoms with Crippen LogP contribution in [0.4, 0.5) is 0 Å². The lowest BCUT2D eigenvalue weighted by atomic mass is 9.75. The highest BCUT2D eigenvalue weighted by atomic mass is 35.5. The maximum absolute atomic E-state index is 12.2. The lowest BCUT2D eigenvalue weighted by Crippen LogP contribution is -2.25. The summed E-state index contributed by atoms with van der Waals surface area (Å²) in [5.41, 5.74) is 0. The summed E-state index contributed by atoms with van der Waals surface area (Å²) >= 11 is 7.42. The Bertz CT molecular complexity index is 402. The van der Waals surface area contributed by atoms with Gasteiger partial charge in [-0.2, -0.15) is 0 Å². The second-order valence-electron chi connectivity index (χ2n) is 5.70. The summed E-state index contributed by atoms with van der Waals surface area (Å²) in [6.45, 7) is 4.58. The second kappa shape index (κ2) is 6.21. The van der Waals surface area contributed by atoms with Gasteiger partial charge in [-0.3, -0.25) is 4.79 Å². The van der Waals surface area contributed by atoms with Crippen molar-refractivity contribution in [2.75, 3.05) is 0 Å². The largest absolute Gasteiger partial charge is 0.299 e. The maximum atomic E-state index is 12.2. The molecule has 0 amide bonds. The number of ketones is 1. The van der Waals surface area contributed by atoms with E-state index in [4.69, 9.17) is 11.6 Å². The molecule has 0 spiro atoms. The molecule has 0 radical (unpaired) electrons. The molecule has 18 heavy (non-hydrogen) atoms. The topological polar surface area (TPSA) is 17.1 Å². The summed E-state index contributed by atoms with van der Waals surface area (Å²) in [6, 6.07) is 3.86. The fourth-order valence-electron chi connectivity index (χ4n) is 2.87. The van der Waals surface area contributed by atoms with Gasteiger partial charge in [0.1, 0.15) is 5.78 Å². The van der Waals surface area contributed by atoms with E-state index >= 15 is 0 Å². The third kappa shape index (κ3) is 3.58. The average molecular weight is 285 g/mol. The van der Waals surface area contributed by atoms with Crippen molar-refractivity contribution >= 4 is 28.7 Å². The Labute approximate surface area is 119 Å². The predicted molar refractivity (Wildman–Crippen MR) is 78.3 cm³/mol. The highest BCUT2D eigenvalue weighted by molar-refractivity contribution is 7.16. The van der Waals surface area contributed by atoms with E-state index in [0.29, 0.717) is 18.1 Å². The molecule has 0 atom stereocenters. The van der Waals surface area contributed by atoms with Crippen molar-refractivity contribution in [3.8, 4) is 0 Å². The highest BCUT2D eigenvalue weighted by Gasteiger charge is 2.27. The number of thiophene rings is 1. The summed E-state index contributed by atoms with van der Waals surface area (Å²) in [5.74, 6) is 2.29. The van der Waals surface area contributed by atoms with Crippen LogP contribution in [0.1, 0.15) is 44.4 Å². The molecule has 3 heteroatoms. The Hall–Kier alpha value is -0.340. The molecule has 1 nitrogen and oxygen atoms in total. The molecule has 1 aromatic rings. The molecule has 100 valence electrons. The standard InChI is InChI=1S/C15H21ClOS/c1-10(2)11-3-5-12(6-4-11)14(17)9-13-7-8-15(16)18-13/h7-8,10-12H,3-6,9H2,1-2H3. The lowest BCUT2D eigenvalue weighted by Gasteiger charge is -2.30. The van der Waals surface area contributed by atoms with Crippen LogP contribution in [-0.4, -0.2) is 5.78 Å². The first-order valence-corrected chi connectivity index (χ1v) is 8.02. The van der Waals surface area contributed by atoms with E-state index in [0.717, 1.165) is 33.9 Å². The summed E-state index contributed by atoms with van der Waals surface area (Å²) in [7, 11) is 0. The first kappa shape index (κ1) is 14.1. The molecule has 0 bridgehead atoms. The molecule has 1 fully saturated rings. The molecule has 0 aliphatic heterocycles. The molecule has 0 N–H and O–H groups in total. The summed E-state index contributed by atoms with van der Waals surface area (Å²) in [6.07, 6.45) is 5.19. The minimum absolute atomic E-state index is 0.292. The van der Waals surface area contributed by atoms with E-state index in [2.05, 4.69) is 13.8 Å². The van der Waals surface area contributed by atoms with Gasteiger partial charge in [0.2, 0.25) is 0 Å². The Kier molecular flexibility index (Phi) is 4.85. The van der Waals surface area contributed by atoms with Crippen LogP contribution >= 0.6 is 22.9 Å². The van der Waals surface area contributed by atoms with Crippen LogP contribution in [0.2, 0.25) is 4.34 Å². The Morgan fingerprint density at radius 2 is 2.00 bits per heavy atom. The fourth-order valence-corrected chi connectivity index (χ4v) is 3.97. The lowest BCUT2D eigenvalue weighted by molar-refractivity contribution is -0.123. The maximum Gasteiger partial charge on any atom is 0.141 e. The van der Waals surface area contributed by atoms with E-state index < -0.39 is 0 Å². The van der Waals surface area contributed by atoms with Crippen molar-refractivity contribution in [3.63, 3.8) is 0 Å². The summed E-state index contributed by atoms with van der Waals surface area (Å²) in [4.78, 5) is 13.3. The zero-order chi connectivity index (χ0) is 13.1. The van der Waals surface area contributed by atoms with Crippen LogP contribution in [0, 0.1) is 17.8 Å². The number of hydrogen-bond donors (Lipinski definition) is 0. The van der Waals surface area contributed by atoms with Gasteiger partial charge in [0.05, 0.1) is 4.34 Å². The normalized spacial score (nSPS) is 24.4. The van der Waals surface area contributed by atoms with Gasteiger partial charge in [0.25, 0.3) is 0 Å². The third-order valence-electron chi connectivity index (χ3n) is 4.15. The first-order valence-electron chi connectivity index (χ1n) is 6.83. The zero-order valence-corrected chi connectivity index (χ0v) is 12.7. The second-order valence-corrected chi connectivity index (χ2v) is 7.50. The molecular weight excluding hydrogens is 264 g/mol. The fraction of sp³-hybridized carbons (Fsp3) is 0.667. The van der Waals surface area contributed by atoms with Gasteiger partial charge in [0, 0.05) is 17.2 Å². The monoisotopic (exact) mass is 284 g/mol. The number of carbonyl (C=O) groups excluding carboxylic acids is 1. The van der Waals surface area contributed by atoms with Crippen LogP contribution in [0.25, 0.3) is 0 Å². The number of Topliss-reactive ketones (excluding diaryl/α,β-unsaturated/α-hetero) is 1. The van der Waals surface area contributed by atoms with Crippen LogP contribution in [0.3, 0.4) is 0 Å². The molecule has 0 aromatic carbocycles. The van der Waals surface area contributed by atoms with Gasteiger partial charge in [-0.1, -0.05) is 25.4 Å². The Morgan fingerprint density at radius 1 is 1.33 bits per heavy atom. The first-order chi connectivity index (χ1) is 8.56. The van der Waals surface area contributed by atoms with Gasteiger partial charge in [-0.15, -0.1) is 11.3 Å². The highest BCUT2D eigenvalue weighted by Crippen LogP contribution is 2.34. The van der Waals surface area contributed by atoms with Crippen molar-refractivity contribution in [1.29, 1.82) is 0 Å². The summed E-state index contributed by atoms with van der Waals surface area (Å²) in [5, 5.41) is 0. The molecule has 1 saturated carbocycles. The van der Waals surface area contributed by atoms with Gasteiger partial charge >= 0.3 is 0 Å². The van der Waals surface area contributed by atoms with Crippen molar-refractivity contribution in [2.24, 2.45) is 17.8 Å². The number of hydrogen-bond acceptors (Lipinski definition) is 2. The number of rotatable bonds is 4. The predicted octanol–water partition coefficient (Wildman–Crippen LogP) is 4.98. The van der Waals surface area contributed by atoms with Crippen molar-refractivity contribution in [1.82, 2.24) is 0 Å². The molecule has 1 aromatic heterocycles. The van der Waals surface area contributed by atoms with E-state index in [-0.39, 0.29) is 0 Å². The number of carbonyl (C=O) groups is 1. The SMILES string of the molecule is CC(C)C1CCC(C(=O)Cc2ccc(Cl)s2)CC1. The molecule has 1 aliphatic rings. The van der Waals surface area contributed by atoms with Gasteiger partial charge in [-0.05, 0) is 49.7 Å². The van der Waals surface area contributed by atoms with E-state index in [9.17, 15) is 4.79 Å². The van der Waals surface area contributed by atoms with Crippen LogP contribution in [-0.2, 0) is 11.2 Å². The quantitative estimate of drug-likeness (QED) is 0.762. The minimum Gasteiger partial charge on any atom is -0.299 e. The van der Waals surface area contributed by atoms with Gasteiger partial charge in [0.15, 0.2) is 0 Å². The van der Waals surface area contributed by atoms with Crippen LogP contribution in [0.15, 0.2) is 12.1 Å². The average Bonchev–Trinajstić information content (AvgIpc) is 2.75. The van der Waals surface area contributed by atoms with Crippen LogP contribution < -0.4 is 0 Å². The number of halogens is 1. The van der Waals surface area contributed by atoms with E-state index in [1.807, 2.05) is 12.1 Å². The minimum atomic E-state index is 0.292. The third-order valence-corrected chi connectivity index (χ3v) is 5.38. The van der Waals surface area contributed by atoms with Crippen molar-refractivity contribution < 1.29 is 4.79 Å². The smallest absolute Gasteiger partial charge is 0.141 e. The zero-order valence-electron chi connectivity index (χ0n) is 11.1. The van der Waals surface area contributed by atoms with Gasteiger partial charge in [-0.25, -0.2) is 0 Å². The van der Waals surface area contributed by atoms with Crippen molar-refractivity contribution in [3.05, 3.63) is 21.3 Å². The summed E-state index contributed by atoms with van der Waals surface area (Å²) < 4.78 is 0.779. The molecule has 1 aliphatic carbocycles. The molecule has 0 unspecified atom stereocenters. The van der Waals surface area contributed by atoms with Gasteiger partial charge < -0.3 is 0 Å². The van der Waals surface area contributed by atoms with Crippen LogP contribution in [0.5, 0.6) is 0 Å². The van der Waals surface area contributed by atoms with Crippen molar-refractivity contribution in [2.45, 2.75) is 46.0 Å². The van der Waals surface area contributed by atoms with E-state index in [1.54, 1.807) is 0 Å². The Morgan fingerprint density at radius 3 is 2.50 bits per heavy atom. The molecular formula is C15H21ClOS. The molecule has 1 heterocycles. The molecule has 2 rings (SSSR count). The van der Waals surface area contributed by atoms with E-state index in [1.165, 1.54) is 24.2 Å². The molecule has 0 saturated heterocycles. The Balaban J connectivity index is 1.84.